The topological polar surface area (TPSA) is 51.1 Å². The molecular formula is C22H18N2O2S. The molecule has 2 aromatic carbocycles. The largest absolute Gasteiger partial charge is 0.347 e. The molecule has 1 amide bonds. The standard InChI is InChI=1S/C22H18N2O2S/c25-21-7-3-4-12-24(21)15-17-10-8-16(9-11-17)14-23-22(26)20-13-18-5-1-2-6-19(18)27-20/h1-13H,14-15H2,(H,23,26). The van der Waals surface area contributed by atoms with Gasteiger partial charge in [-0.2, -0.15) is 0 Å². The lowest BCUT2D eigenvalue weighted by atomic mass is 10.1. The Morgan fingerprint density at radius 1 is 0.926 bits per heavy atom. The second-order valence-electron chi connectivity index (χ2n) is 6.31. The zero-order valence-electron chi connectivity index (χ0n) is 14.6. The molecule has 4 aromatic rings. The molecule has 134 valence electrons. The van der Waals surface area contributed by atoms with Crippen LogP contribution in [0, 0.1) is 0 Å². The molecule has 0 fully saturated rings. The molecule has 2 heterocycles. The Morgan fingerprint density at radius 2 is 1.67 bits per heavy atom. The molecule has 4 nitrogen and oxygen atoms in total. The van der Waals surface area contributed by atoms with Gasteiger partial charge in [-0.1, -0.05) is 48.5 Å². The molecular weight excluding hydrogens is 356 g/mol. The number of benzene rings is 2. The summed E-state index contributed by atoms with van der Waals surface area (Å²) in [5, 5.41) is 4.06. The van der Waals surface area contributed by atoms with Crippen LogP contribution in [-0.2, 0) is 13.1 Å². The Hall–Kier alpha value is -3.18. The lowest BCUT2D eigenvalue weighted by Crippen LogP contribution is -2.21. The van der Waals surface area contributed by atoms with Gasteiger partial charge >= 0.3 is 0 Å². The van der Waals surface area contributed by atoms with E-state index < -0.39 is 0 Å². The average molecular weight is 374 g/mol. The molecule has 5 heteroatoms. The number of pyridine rings is 1. The first-order chi connectivity index (χ1) is 13.2. The number of carbonyl (C=O) groups is 1. The number of aromatic nitrogens is 1. The van der Waals surface area contributed by atoms with Crippen molar-refractivity contribution in [2.45, 2.75) is 13.1 Å². The maximum Gasteiger partial charge on any atom is 0.261 e. The van der Waals surface area contributed by atoms with Gasteiger partial charge in [-0.3, -0.25) is 9.59 Å². The monoisotopic (exact) mass is 374 g/mol. The Kier molecular flexibility index (Phi) is 4.85. The number of hydrogen-bond donors (Lipinski definition) is 1. The quantitative estimate of drug-likeness (QED) is 0.573. The van der Waals surface area contributed by atoms with Crippen LogP contribution >= 0.6 is 11.3 Å². The number of thiophene rings is 1. The number of fused-ring (bicyclic) bond motifs is 1. The van der Waals surface area contributed by atoms with E-state index >= 15 is 0 Å². The fraction of sp³-hybridized carbons (Fsp3) is 0.0909. The van der Waals surface area contributed by atoms with Crippen molar-refractivity contribution < 1.29 is 4.79 Å². The third-order valence-electron chi connectivity index (χ3n) is 4.38. The number of hydrogen-bond acceptors (Lipinski definition) is 3. The molecule has 0 aliphatic heterocycles. The summed E-state index contributed by atoms with van der Waals surface area (Å²) < 4.78 is 2.78. The van der Waals surface area contributed by atoms with Crippen LogP contribution in [0.15, 0.2) is 83.8 Å². The molecule has 0 radical (unpaired) electrons. The van der Waals surface area contributed by atoms with Gasteiger partial charge in [0.25, 0.3) is 11.5 Å². The summed E-state index contributed by atoms with van der Waals surface area (Å²) in [4.78, 5) is 24.9. The molecule has 0 unspecified atom stereocenters. The Bertz CT molecular complexity index is 1110. The van der Waals surface area contributed by atoms with E-state index in [1.165, 1.54) is 11.3 Å². The van der Waals surface area contributed by atoms with Crippen LogP contribution in [0.2, 0.25) is 0 Å². The summed E-state index contributed by atoms with van der Waals surface area (Å²) in [7, 11) is 0. The number of carbonyl (C=O) groups excluding carboxylic acids is 1. The molecule has 0 aliphatic carbocycles. The van der Waals surface area contributed by atoms with Crippen LogP contribution in [0.3, 0.4) is 0 Å². The maximum absolute atomic E-state index is 12.4. The number of nitrogens with zero attached hydrogens (tertiary/aromatic N) is 1. The highest BCUT2D eigenvalue weighted by molar-refractivity contribution is 7.20. The fourth-order valence-corrected chi connectivity index (χ4v) is 3.89. The van der Waals surface area contributed by atoms with E-state index in [2.05, 4.69) is 5.32 Å². The van der Waals surface area contributed by atoms with Crippen molar-refractivity contribution in [2.24, 2.45) is 0 Å². The van der Waals surface area contributed by atoms with Crippen LogP contribution in [0.4, 0.5) is 0 Å². The molecule has 0 spiro atoms. The van der Waals surface area contributed by atoms with E-state index in [4.69, 9.17) is 0 Å². The van der Waals surface area contributed by atoms with Crippen LogP contribution in [-0.4, -0.2) is 10.5 Å². The summed E-state index contributed by atoms with van der Waals surface area (Å²) in [5.74, 6) is -0.0592. The van der Waals surface area contributed by atoms with Gasteiger partial charge in [-0.05, 0) is 34.7 Å². The van der Waals surface area contributed by atoms with Crippen LogP contribution in [0.1, 0.15) is 20.8 Å². The molecule has 0 bridgehead atoms. The van der Waals surface area contributed by atoms with Crippen LogP contribution in [0.25, 0.3) is 10.1 Å². The van der Waals surface area contributed by atoms with Gasteiger partial charge in [0, 0.05) is 23.5 Å². The predicted octanol–water partition coefficient (Wildman–Crippen LogP) is 4.04. The minimum Gasteiger partial charge on any atom is -0.347 e. The molecule has 4 rings (SSSR count). The summed E-state index contributed by atoms with van der Waals surface area (Å²) in [5.41, 5.74) is 2.05. The minimum atomic E-state index is -0.0592. The van der Waals surface area contributed by atoms with Gasteiger partial charge < -0.3 is 9.88 Å². The van der Waals surface area contributed by atoms with Gasteiger partial charge in [0.1, 0.15) is 0 Å². The highest BCUT2D eigenvalue weighted by atomic mass is 32.1. The molecule has 2 aromatic heterocycles. The molecule has 27 heavy (non-hydrogen) atoms. The summed E-state index contributed by atoms with van der Waals surface area (Å²) in [6.45, 7) is 1.01. The fourth-order valence-electron chi connectivity index (χ4n) is 2.91. The highest BCUT2D eigenvalue weighted by Gasteiger charge is 2.09. The average Bonchev–Trinajstić information content (AvgIpc) is 3.13. The van der Waals surface area contributed by atoms with Crippen molar-refractivity contribution in [1.29, 1.82) is 0 Å². The number of rotatable bonds is 5. The van der Waals surface area contributed by atoms with E-state index in [1.54, 1.807) is 22.9 Å². The zero-order chi connectivity index (χ0) is 18.6. The maximum atomic E-state index is 12.4. The molecule has 1 N–H and O–H groups in total. The lowest BCUT2D eigenvalue weighted by molar-refractivity contribution is 0.0955. The van der Waals surface area contributed by atoms with Crippen molar-refractivity contribution >= 4 is 27.3 Å². The van der Waals surface area contributed by atoms with Crippen LogP contribution in [0.5, 0.6) is 0 Å². The second-order valence-corrected chi connectivity index (χ2v) is 7.40. The summed E-state index contributed by atoms with van der Waals surface area (Å²) >= 11 is 1.50. The lowest BCUT2D eigenvalue weighted by Gasteiger charge is -2.07. The normalized spacial score (nSPS) is 10.8. The first kappa shape index (κ1) is 17.2. The van der Waals surface area contributed by atoms with Gasteiger partial charge in [-0.25, -0.2) is 0 Å². The smallest absolute Gasteiger partial charge is 0.261 e. The van der Waals surface area contributed by atoms with Crippen molar-refractivity contribution in [3.8, 4) is 0 Å². The SMILES string of the molecule is O=C(NCc1ccc(Cn2ccccc2=O)cc1)c1cc2ccccc2s1. The Labute approximate surface area is 160 Å². The second kappa shape index (κ2) is 7.60. The summed E-state index contributed by atoms with van der Waals surface area (Å²) in [6.07, 6.45) is 1.78. The molecule has 0 aliphatic rings. The van der Waals surface area contributed by atoms with Gasteiger partial charge in [0.15, 0.2) is 0 Å². The van der Waals surface area contributed by atoms with E-state index in [9.17, 15) is 9.59 Å². The van der Waals surface area contributed by atoms with E-state index in [0.29, 0.717) is 13.1 Å². The first-order valence-corrected chi connectivity index (χ1v) is 9.51. The van der Waals surface area contributed by atoms with E-state index in [0.717, 1.165) is 26.1 Å². The van der Waals surface area contributed by atoms with Crippen LogP contribution < -0.4 is 10.9 Å². The molecule has 0 saturated heterocycles. The molecule has 0 atom stereocenters. The van der Waals surface area contributed by atoms with Crippen molar-refractivity contribution in [3.63, 3.8) is 0 Å². The number of nitrogens with one attached hydrogen (secondary N) is 1. The zero-order valence-corrected chi connectivity index (χ0v) is 15.4. The van der Waals surface area contributed by atoms with Gasteiger partial charge in [0.05, 0.1) is 11.4 Å². The van der Waals surface area contributed by atoms with Gasteiger partial charge in [0.2, 0.25) is 0 Å². The molecule has 0 saturated carbocycles. The van der Waals surface area contributed by atoms with Crippen molar-refractivity contribution in [2.75, 3.05) is 0 Å². The van der Waals surface area contributed by atoms with E-state index in [1.807, 2.05) is 60.7 Å². The van der Waals surface area contributed by atoms with Crippen molar-refractivity contribution in [3.05, 3.63) is 105 Å². The first-order valence-electron chi connectivity index (χ1n) is 8.69. The summed E-state index contributed by atoms with van der Waals surface area (Å²) in [6, 6.07) is 23.0. The minimum absolute atomic E-state index is 0.0165. The van der Waals surface area contributed by atoms with Gasteiger partial charge in [-0.15, -0.1) is 11.3 Å². The third kappa shape index (κ3) is 3.99. The van der Waals surface area contributed by atoms with Crippen molar-refractivity contribution in [1.82, 2.24) is 9.88 Å². The van der Waals surface area contributed by atoms with E-state index in [-0.39, 0.29) is 11.5 Å². The number of amides is 1. The highest BCUT2D eigenvalue weighted by Crippen LogP contribution is 2.25. The Morgan fingerprint density at radius 3 is 2.44 bits per heavy atom. The Balaban J connectivity index is 1.39. The predicted molar refractivity (Wildman–Crippen MR) is 109 cm³/mol. The third-order valence-corrected chi connectivity index (χ3v) is 5.49.